The molecule has 0 radical (unpaired) electrons. The molecule has 0 spiro atoms. The van der Waals surface area contributed by atoms with E-state index in [1.54, 1.807) is 61.5 Å². The smallest absolute Gasteiger partial charge is 0.254 e. The number of carbonyl (C=O) groups is 3. The number of amides is 3. The van der Waals surface area contributed by atoms with Crippen molar-refractivity contribution in [2.45, 2.75) is 12.8 Å². The van der Waals surface area contributed by atoms with Crippen molar-refractivity contribution in [2.75, 3.05) is 37.5 Å². The molecule has 3 rings (SSSR count). The van der Waals surface area contributed by atoms with Crippen LogP contribution in [-0.2, 0) is 9.59 Å². The number of anilines is 2. The molecule has 28 heavy (non-hydrogen) atoms. The average molecular weight is 381 g/mol. The largest absolute Gasteiger partial charge is 0.497 e. The molecule has 0 aliphatic carbocycles. The number of benzene rings is 2. The third-order valence-corrected chi connectivity index (χ3v) is 4.56. The lowest BCUT2D eigenvalue weighted by Gasteiger charge is -2.19. The molecule has 0 unspecified atom stereocenters. The molecule has 2 aromatic carbocycles. The Morgan fingerprint density at radius 3 is 2.68 bits per heavy atom. The van der Waals surface area contributed by atoms with Crippen LogP contribution in [0.2, 0.25) is 0 Å². The first-order chi connectivity index (χ1) is 13.5. The van der Waals surface area contributed by atoms with Crippen molar-refractivity contribution in [1.82, 2.24) is 4.90 Å². The van der Waals surface area contributed by atoms with Gasteiger partial charge in [0.1, 0.15) is 5.75 Å². The van der Waals surface area contributed by atoms with Crippen molar-refractivity contribution >= 4 is 29.1 Å². The Balaban J connectivity index is 1.64. The average Bonchev–Trinajstić information content (AvgIpc) is 3.13. The van der Waals surface area contributed by atoms with Gasteiger partial charge in [0.25, 0.3) is 5.91 Å². The zero-order valence-electron chi connectivity index (χ0n) is 16.0. The van der Waals surface area contributed by atoms with Crippen LogP contribution in [-0.4, -0.2) is 49.9 Å². The van der Waals surface area contributed by atoms with E-state index in [2.05, 4.69) is 5.32 Å². The number of nitrogens with one attached hydrogen (secondary N) is 1. The zero-order valence-corrected chi connectivity index (χ0v) is 16.0. The predicted octanol–water partition coefficient (Wildman–Crippen LogP) is 2.53. The Bertz CT molecular complexity index is 897. The molecule has 7 heteroatoms. The Morgan fingerprint density at radius 1 is 1.18 bits per heavy atom. The van der Waals surface area contributed by atoms with Crippen molar-refractivity contribution in [2.24, 2.45) is 0 Å². The summed E-state index contributed by atoms with van der Waals surface area (Å²) in [7, 11) is 3.12. The fraction of sp³-hybridized carbons (Fsp3) is 0.286. The third-order valence-electron chi connectivity index (χ3n) is 4.56. The monoisotopic (exact) mass is 381 g/mol. The highest BCUT2D eigenvalue weighted by Gasteiger charge is 2.23. The molecule has 0 saturated carbocycles. The molecule has 3 amide bonds. The normalized spacial score (nSPS) is 13.4. The van der Waals surface area contributed by atoms with E-state index in [1.165, 1.54) is 4.90 Å². The molecule has 0 bridgehead atoms. The summed E-state index contributed by atoms with van der Waals surface area (Å²) < 4.78 is 5.13. The van der Waals surface area contributed by atoms with E-state index in [4.69, 9.17) is 4.74 Å². The molecule has 1 aliphatic rings. The van der Waals surface area contributed by atoms with Crippen LogP contribution < -0.4 is 15.0 Å². The minimum atomic E-state index is -0.310. The number of hydrogen-bond donors (Lipinski definition) is 1. The van der Waals surface area contributed by atoms with E-state index < -0.39 is 0 Å². The maximum atomic E-state index is 12.7. The number of carbonyl (C=O) groups excluding carboxylic acids is 3. The minimum absolute atomic E-state index is 0.0654. The summed E-state index contributed by atoms with van der Waals surface area (Å²) in [6.07, 6.45) is 1.35. The van der Waals surface area contributed by atoms with Gasteiger partial charge in [-0.1, -0.05) is 12.1 Å². The second-order valence-corrected chi connectivity index (χ2v) is 6.64. The quantitative estimate of drug-likeness (QED) is 0.834. The van der Waals surface area contributed by atoms with E-state index in [9.17, 15) is 14.4 Å². The summed E-state index contributed by atoms with van der Waals surface area (Å²) in [6, 6.07) is 13.9. The van der Waals surface area contributed by atoms with Gasteiger partial charge < -0.3 is 19.9 Å². The van der Waals surface area contributed by atoms with E-state index in [0.29, 0.717) is 35.7 Å². The summed E-state index contributed by atoms with van der Waals surface area (Å²) in [6.45, 7) is 0.568. The van der Waals surface area contributed by atoms with Crippen LogP contribution in [0.25, 0.3) is 0 Å². The molecule has 1 saturated heterocycles. The number of ether oxygens (including phenoxy) is 1. The molecular formula is C21H23N3O4. The van der Waals surface area contributed by atoms with Gasteiger partial charge in [-0.3, -0.25) is 14.4 Å². The van der Waals surface area contributed by atoms with Gasteiger partial charge in [0.15, 0.2) is 0 Å². The minimum Gasteiger partial charge on any atom is -0.497 e. The summed E-state index contributed by atoms with van der Waals surface area (Å²) >= 11 is 0. The first-order valence-electron chi connectivity index (χ1n) is 9.08. The number of hydrogen-bond acceptors (Lipinski definition) is 4. The van der Waals surface area contributed by atoms with Crippen molar-refractivity contribution in [3.05, 3.63) is 54.1 Å². The van der Waals surface area contributed by atoms with E-state index in [-0.39, 0.29) is 24.3 Å². The van der Waals surface area contributed by atoms with Gasteiger partial charge in [0.05, 0.1) is 13.7 Å². The lowest BCUT2D eigenvalue weighted by atomic mass is 10.1. The molecule has 0 atom stereocenters. The SMILES string of the molecule is COc1cccc(NC(=O)CN(C)C(=O)c2cccc(N3CCCC3=O)c2)c1. The molecule has 1 N–H and O–H groups in total. The number of likely N-dealkylation sites (N-methyl/N-ethyl adjacent to an activating group) is 1. The molecule has 1 aliphatic heterocycles. The molecule has 2 aromatic rings. The van der Waals surface area contributed by atoms with Gasteiger partial charge in [0, 0.05) is 43.0 Å². The highest BCUT2D eigenvalue weighted by Crippen LogP contribution is 2.23. The number of rotatable bonds is 6. The Hall–Kier alpha value is -3.35. The van der Waals surface area contributed by atoms with Gasteiger partial charge in [0.2, 0.25) is 11.8 Å². The van der Waals surface area contributed by atoms with Crippen LogP contribution in [0.5, 0.6) is 5.75 Å². The Morgan fingerprint density at radius 2 is 1.96 bits per heavy atom. The highest BCUT2D eigenvalue weighted by molar-refractivity contribution is 6.01. The maximum Gasteiger partial charge on any atom is 0.254 e. The third kappa shape index (κ3) is 4.49. The molecular weight excluding hydrogens is 358 g/mol. The van der Waals surface area contributed by atoms with Gasteiger partial charge in [-0.15, -0.1) is 0 Å². The zero-order chi connectivity index (χ0) is 20.1. The van der Waals surface area contributed by atoms with Crippen molar-refractivity contribution in [3.8, 4) is 5.75 Å². The maximum absolute atomic E-state index is 12.7. The van der Waals surface area contributed by atoms with Crippen LogP contribution in [0.1, 0.15) is 23.2 Å². The van der Waals surface area contributed by atoms with Crippen LogP contribution in [0.3, 0.4) is 0 Å². The first kappa shape index (κ1) is 19.4. The number of nitrogens with zero attached hydrogens (tertiary/aromatic N) is 2. The van der Waals surface area contributed by atoms with Crippen molar-refractivity contribution in [1.29, 1.82) is 0 Å². The lowest BCUT2D eigenvalue weighted by molar-refractivity contribution is -0.117. The van der Waals surface area contributed by atoms with Crippen LogP contribution >= 0.6 is 0 Å². The predicted molar refractivity (Wildman–Crippen MR) is 107 cm³/mol. The second kappa shape index (κ2) is 8.56. The summed E-state index contributed by atoms with van der Waals surface area (Å²) in [4.78, 5) is 39.9. The molecule has 1 fully saturated rings. The highest BCUT2D eigenvalue weighted by atomic mass is 16.5. The second-order valence-electron chi connectivity index (χ2n) is 6.64. The van der Waals surface area contributed by atoms with Crippen molar-refractivity contribution in [3.63, 3.8) is 0 Å². The lowest BCUT2D eigenvalue weighted by Crippen LogP contribution is -2.35. The summed E-state index contributed by atoms with van der Waals surface area (Å²) in [5.41, 5.74) is 1.75. The molecule has 1 heterocycles. The van der Waals surface area contributed by atoms with Crippen LogP contribution in [0, 0.1) is 0 Å². The molecule has 0 aromatic heterocycles. The van der Waals surface area contributed by atoms with Crippen LogP contribution in [0.15, 0.2) is 48.5 Å². The Labute approximate surface area is 163 Å². The van der Waals surface area contributed by atoms with Crippen molar-refractivity contribution < 1.29 is 19.1 Å². The number of methoxy groups -OCH3 is 1. The fourth-order valence-electron chi connectivity index (χ4n) is 3.14. The van der Waals surface area contributed by atoms with E-state index in [1.807, 2.05) is 6.07 Å². The summed E-state index contributed by atoms with van der Waals surface area (Å²) in [5.74, 6) is 0.107. The standard InChI is InChI=1S/C21H23N3O4/c1-23(14-19(25)22-16-7-4-9-18(13-16)28-2)21(27)15-6-3-8-17(12-15)24-11-5-10-20(24)26/h3-4,6-9,12-13H,5,10-11,14H2,1-2H3,(H,22,25). The molecule has 7 nitrogen and oxygen atoms in total. The van der Waals surface area contributed by atoms with Crippen LogP contribution in [0.4, 0.5) is 11.4 Å². The molecule has 146 valence electrons. The topological polar surface area (TPSA) is 79.0 Å². The van der Waals surface area contributed by atoms with E-state index in [0.717, 1.165) is 6.42 Å². The summed E-state index contributed by atoms with van der Waals surface area (Å²) in [5, 5.41) is 2.75. The first-order valence-corrected chi connectivity index (χ1v) is 9.08. The Kier molecular flexibility index (Phi) is 5.93. The van der Waals surface area contributed by atoms with Gasteiger partial charge in [-0.05, 0) is 36.8 Å². The van der Waals surface area contributed by atoms with E-state index >= 15 is 0 Å². The fourth-order valence-corrected chi connectivity index (χ4v) is 3.14. The van der Waals surface area contributed by atoms with Gasteiger partial charge in [-0.25, -0.2) is 0 Å². The van der Waals surface area contributed by atoms with Gasteiger partial charge in [-0.2, -0.15) is 0 Å². The van der Waals surface area contributed by atoms with Gasteiger partial charge >= 0.3 is 0 Å².